The topological polar surface area (TPSA) is 76.2 Å². The summed E-state index contributed by atoms with van der Waals surface area (Å²) >= 11 is 0. The van der Waals surface area contributed by atoms with Gasteiger partial charge in [0.2, 0.25) is 15.9 Å². The van der Waals surface area contributed by atoms with Crippen molar-refractivity contribution in [3.05, 3.63) is 60.2 Å². The molecule has 166 valence electrons. The third kappa shape index (κ3) is 5.80. The number of halogens is 2. The standard InChI is InChI=1S/C21H22F2N2O5S/c1-29-17-7-9-19(10-8-17)31(27,28)25-14-12-24(13-15-25)20(26)11-4-16-2-5-18(6-3-16)30-21(22)23/h2-11,21H,12-15H2,1H3. The molecule has 0 aromatic heterocycles. The summed E-state index contributed by atoms with van der Waals surface area (Å²) in [4.78, 5) is 14.1. The van der Waals surface area contributed by atoms with Crippen molar-refractivity contribution in [2.24, 2.45) is 0 Å². The highest BCUT2D eigenvalue weighted by Gasteiger charge is 2.29. The zero-order valence-corrected chi connectivity index (χ0v) is 17.6. The molecule has 0 unspecified atom stereocenters. The Labute approximate surface area is 179 Å². The van der Waals surface area contributed by atoms with Gasteiger partial charge in [0.15, 0.2) is 0 Å². The van der Waals surface area contributed by atoms with Crippen molar-refractivity contribution >= 4 is 22.0 Å². The first-order valence-corrected chi connectivity index (χ1v) is 10.9. The molecule has 1 aliphatic heterocycles. The summed E-state index contributed by atoms with van der Waals surface area (Å²) in [7, 11) is -2.14. The Hall–Kier alpha value is -2.98. The smallest absolute Gasteiger partial charge is 0.387 e. The predicted octanol–water partition coefficient (Wildman–Crippen LogP) is 2.84. The number of hydrogen-bond acceptors (Lipinski definition) is 5. The van der Waals surface area contributed by atoms with E-state index in [1.165, 1.54) is 41.8 Å². The molecule has 31 heavy (non-hydrogen) atoms. The van der Waals surface area contributed by atoms with Crippen LogP contribution in [0, 0.1) is 0 Å². The van der Waals surface area contributed by atoms with Gasteiger partial charge in [0.25, 0.3) is 0 Å². The highest BCUT2D eigenvalue weighted by molar-refractivity contribution is 7.89. The Kier molecular flexibility index (Phi) is 7.24. The largest absolute Gasteiger partial charge is 0.497 e. The molecule has 0 spiro atoms. The van der Waals surface area contributed by atoms with Crippen molar-refractivity contribution in [3.8, 4) is 11.5 Å². The second kappa shape index (κ2) is 9.88. The number of ether oxygens (including phenoxy) is 2. The molecular weight excluding hydrogens is 430 g/mol. The van der Waals surface area contributed by atoms with Crippen LogP contribution in [-0.2, 0) is 14.8 Å². The van der Waals surface area contributed by atoms with Crippen molar-refractivity contribution in [3.63, 3.8) is 0 Å². The molecule has 1 saturated heterocycles. The van der Waals surface area contributed by atoms with Gasteiger partial charge in [0.05, 0.1) is 12.0 Å². The van der Waals surface area contributed by atoms with Gasteiger partial charge in [-0.2, -0.15) is 13.1 Å². The summed E-state index contributed by atoms with van der Waals surface area (Å²) in [5.41, 5.74) is 0.649. The molecule has 0 bridgehead atoms. The highest BCUT2D eigenvalue weighted by Crippen LogP contribution is 2.21. The number of rotatable bonds is 7. The van der Waals surface area contributed by atoms with Crippen LogP contribution < -0.4 is 9.47 Å². The monoisotopic (exact) mass is 452 g/mol. The van der Waals surface area contributed by atoms with Crippen molar-refractivity contribution in [1.29, 1.82) is 0 Å². The number of alkyl halides is 2. The average Bonchev–Trinajstić information content (AvgIpc) is 2.78. The van der Waals surface area contributed by atoms with E-state index >= 15 is 0 Å². The van der Waals surface area contributed by atoms with E-state index in [0.717, 1.165) is 0 Å². The summed E-state index contributed by atoms with van der Waals surface area (Å²) in [6, 6.07) is 12.0. The lowest BCUT2D eigenvalue weighted by Crippen LogP contribution is -2.50. The van der Waals surface area contributed by atoms with E-state index < -0.39 is 16.6 Å². The summed E-state index contributed by atoms with van der Waals surface area (Å²) in [6.07, 6.45) is 2.94. The van der Waals surface area contributed by atoms with Gasteiger partial charge < -0.3 is 14.4 Å². The second-order valence-electron chi connectivity index (χ2n) is 6.69. The fourth-order valence-corrected chi connectivity index (χ4v) is 4.50. The quantitative estimate of drug-likeness (QED) is 0.604. The molecule has 7 nitrogen and oxygen atoms in total. The molecule has 0 N–H and O–H groups in total. The molecule has 3 rings (SSSR count). The van der Waals surface area contributed by atoms with Crippen LogP contribution in [0.15, 0.2) is 59.5 Å². The number of hydrogen-bond donors (Lipinski definition) is 0. The molecule has 1 amide bonds. The maximum atomic E-state index is 12.8. The van der Waals surface area contributed by atoms with Crippen LogP contribution >= 0.6 is 0 Å². The predicted molar refractivity (Wildman–Crippen MR) is 110 cm³/mol. The van der Waals surface area contributed by atoms with Gasteiger partial charge in [0.1, 0.15) is 11.5 Å². The third-order valence-electron chi connectivity index (χ3n) is 4.77. The molecule has 0 radical (unpaired) electrons. The number of carbonyl (C=O) groups is 1. The maximum absolute atomic E-state index is 12.8. The molecule has 1 fully saturated rings. The number of amides is 1. The number of benzene rings is 2. The van der Waals surface area contributed by atoms with Gasteiger partial charge in [-0.1, -0.05) is 12.1 Å². The van der Waals surface area contributed by atoms with Gasteiger partial charge in [-0.05, 0) is 48.0 Å². The van der Waals surface area contributed by atoms with E-state index in [-0.39, 0.29) is 42.7 Å². The lowest BCUT2D eigenvalue weighted by molar-refractivity contribution is -0.127. The molecule has 0 atom stereocenters. The Morgan fingerprint density at radius 2 is 1.55 bits per heavy atom. The Morgan fingerprint density at radius 1 is 0.968 bits per heavy atom. The minimum absolute atomic E-state index is 0.0349. The maximum Gasteiger partial charge on any atom is 0.387 e. The van der Waals surface area contributed by atoms with Crippen molar-refractivity contribution in [1.82, 2.24) is 9.21 Å². The number of piperazine rings is 1. The van der Waals surface area contributed by atoms with E-state index in [2.05, 4.69) is 4.74 Å². The Morgan fingerprint density at radius 3 is 2.10 bits per heavy atom. The molecule has 1 aliphatic rings. The van der Waals surface area contributed by atoms with E-state index in [1.54, 1.807) is 35.2 Å². The number of methoxy groups -OCH3 is 1. The summed E-state index contributed by atoms with van der Waals surface area (Å²) in [5.74, 6) is 0.347. The molecule has 2 aromatic carbocycles. The zero-order valence-electron chi connectivity index (χ0n) is 16.8. The lowest BCUT2D eigenvalue weighted by Gasteiger charge is -2.33. The molecule has 0 aliphatic carbocycles. The van der Waals surface area contributed by atoms with Crippen LogP contribution in [0.3, 0.4) is 0 Å². The van der Waals surface area contributed by atoms with Gasteiger partial charge >= 0.3 is 6.61 Å². The minimum Gasteiger partial charge on any atom is -0.497 e. The van der Waals surface area contributed by atoms with Crippen molar-refractivity contribution < 1.29 is 31.5 Å². The SMILES string of the molecule is COc1ccc(S(=O)(=O)N2CCN(C(=O)C=Cc3ccc(OC(F)F)cc3)CC2)cc1. The van der Waals surface area contributed by atoms with Crippen LogP contribution in [0.2, 0.25) is 0 Å². The first-order valence-electron chi connectivity index (χ1n) is 9.45. The first kappa shape index (κ1) is 22.7. The minimum atomic E-state index is -3.65. The number of nitrogens with zero attached hydrogens (tertiary/aromatic N) is 2. The normalized spacial score (nSPS) is 15.4. The van der Waals surface area contributed by atoms with Gasteiger partial charge in [0, 0.05) is 32.3 Å². The van der Waals surface area contributed by atoms with Crippen LogP contribution in [0.5, 0.6) is 11.5 Å². The van der Waals surface area contributed by atoms with E-state index in [0.29, 0.717) is 11.3 Å². The fourth-order valence-electron chi connectivity index (χ4n) is 3.08. The van der Waals surface area contributed by atoms with Gasteiger partial charge in [-0.15, -0.1) is 0 Å². The Balaban J connectivity index is 1.56. The van der Waals surface area contributed by atoms with Crippen molar-refractivity contribution in [2.45, 2.75) is 11.5 Å². The van der Waals surface area contributed by atoms with Crippen LogP contribution in [0.4, 0.5) is 8.78 Å². The second-order valence-corrected chi connectivity index (χ2v) is 8.62. The number of carbonyl (C=O) groups excluding carboxylic acids is 1. The van der Waals surface area contributed by atoms with E-state index in [4.69, 9.17) is 4.74 Å². The van der Waals surface area contributed by atoms with Crippen LogP contribution in [0.1, 0.15) is 5.56 Å². The summed E-state index contributed by atoms with van der Waals surface area (Å²) in [5, 5.41) is 0. The van der Waals surface area contributed by atoms with Gasteiger partial charge in [-0.25, -0.2) is 8.42 Å². The molecular formula is C21H22F2N2O5S. The van der Waals surface area contributed by atoms with Crippen LogP contribution in [-0.4, -0.2) is 63.4 Å². The van der Waals surface area contributed by atoms with Crippen molar-refractivity contribution in [2.75, 3.05) is 33.3 Å². The molecule has 10 heteroatoms. The van der Waals surface area contributed by atoms with Crippen LogP contribution in [0.25, 0.3) is 6.08 Å². The highest BCUT2D eigenvalue weighted by atomic mass is 32.2. The molecule has 0 saturated carbocycles. The number of sulfonamides is 1. The summed E-state index contributed by atoms with van der Waals surface area (Å²) < 4.78 is 60.6. The van der Waals surface area contributed by atoms with E-state index in [1.807, 2.05) is 0 Å². The molecule has 2 aromatic rings. The Bertz CT molecular complexity index is 1020. The average molecular weight is 452 g/mol. The lowest BCUT2D eigenvalue weighted by atomic mass is 10.2. The molecule has 1 heterocycles. The van der Waals surface area contributed by atoms with E-state index in [9.17, 15) is 22.0 Å². The summed E-state index contributed by atoms with van der Waals surface area (Å²) in [6.45, 7) is -1.99. The fraction of sp³-hybridized carbons (Fsp3) is 0.286. The first-order chi connectivity index (χ1) is 14.8. The van der Waals surface area contributed by atoms with Gasteiger partial charge in [-0.3, -0.25) is 4.79 Å². The zero-order chi connectivity index (χ0) is 22.4. The third-order valence-corrected chi connectivity index (χ3v) is 6.68.